The van der Waals surface area contributed by atoms with Gasteiger partial charge in [0.05, 0.1) is 44.3 Å². The first-order valence-corrected chi connectivity index (χ1v) is 8.90. The second-order valence-electron chi connectivity index (χ2n) is 5.50. The summed E-state index contributed by atoms with van der Waals surface area (Å²) in [5, 5.41) is 14.9. The number of carbonyl (C=O) groups excluding carboxylic acids is 1. The third kappa shape index (κ3) is 3.73. The van der Waals surface area contributed by atoms with Crippen molar-refractivity contribution in [3.05, 3.63) is 61.6 Å². The van der Waals surface area contributed by atoms with Crippen molar-refractivity contribution in [2.45, 2.75) is 20.4 Å². The maximum absolute atomic E-state index is 12.4. The number of nitrogens with one attached hydrogen (secondary N) is 2. The van der Waals surface area contributed by atoms with Crippen molar-refractivity contribution < 1.29 is 4.79 Å². The van der Waals surface area contributed by atoms with Crippen LogP contribution in [0.4, 0.5) is 5.69 Å². The molecule has 2 aromatic heterocycles. The van der Waals surface area contributed by atoms with Crippen molar-refractivity contribution in [3.63, 3.8) is 0 Å². The van der Waals surface area contributed by atoms with Gasteiger partial charge in [-0.2, -0.15) is 10.2 Å². The Hall–Kier alpha value is -1.83. The van der Waals surface area contributed by atoms with Crippen LogP contribution in [0.2, 0.25) is 10.0 Å². The third-order valence-electron chi connectivity index (χ3n) is 3.76. The fourth-order valence-electron chi connectivity index (χ4n) is 2.45. The molecule has 2 heterocycles. The van der Waals surface area contributed by atoms with Gasteiger partial charge in [-0.15, -0.1) is 0 Å². The Labute approximate surface area is 162 Å². The lowest BCUT2D eigenvalue weighted by Crippen LogP contribution is -2.14. The molecule has 25 heavy (non-hydrogen) atoms. The highest BCUT2D eigenvalue weighted by Gasteiger charge is 2.18. The number of hydrogen-bond donors (Lipinski definition) is 2. The van der Waals surface area contributed by atoms with Gasteiger partial charge in [0.2, 0.25) is 0 Å². The van der Waals surface area contributed by atoms with E-state index in [0.717, 1.165) is 17.0 Å². The molecular weight excluding hydrogens is 429 g/mol. The molecule has 2 N–H and O–H groups in total. The molecule has 1 aromatic carbocycles. The van der Waals surface area contributed by atoms with E-state index in [2.05, 4.69) is 36.5 Å². The van der Waals surface area contributed by atoms with Crippen LogP contribution in [0.1, 0.15) is 27.4 Å². The first-order valence-electron chi connectivity index (χ1n) is 7.35. The van der Waals surface area contributed by atoms with Crippen LogP contribution in [0, 0.1) is 13.8 Å². The molecule has 0 unspecified atom stereocenters. The number of aromatic nitrogens is 4. The molecule has 3 aromatic rings. The molecule has 0 aliphatic carbocycles. The average Bonchev–Trinajstić information content (AvgIpc) is 3.10. The van der Waals surface area contributed by atoms with E-state index in [1.165, 1.54) is 6.20 Å². The van der Waals surface area contributed by atoms with Gasteiger partial charge in [-0.25, -0.2) is 0 Å². The molecule has 0 aliphatic rings. The van der Waals surface area contributed by atoms with E-state index in [4.69, 9.17) is 23.2 Å². The predicted molar refractivity (Wildman–Crippen MR) is 102 cm³/mol. The van der Waals surface area contributed by atoms with Crippen molar-refractivity contribution in [1.29, 1.82) is 0 Å². The highest BCUT2D eigenvalue weighted by atomic mass is 79.9. The van der Waals surface area contributed by atoms with E-state index in [1.54, 1.807) is 12.1 Å². The maximum Gasteiger partial charge on any atom is 0.274 e. The Morgan fingerprint density at radius 1 is 1.32 bits per heavy atom. The third-order valence-corrected chi connectivity index (χ3v) is 5.10. The molecule has 9 heteroatoms. The summed E-state index contributed by atoms with van der Waals surface area (Å²) < 4.78 is 2.41. The fraction of sp³-hybridized carbons (Fsp3) is 0.188. The molecular formula is C16H14BrCl2N5O. The minimum atomic E-state index is -0.287. The maximum atomic E-state index is 12.4. The van der Waals surface area contributed by atoms with Crippen LogP contribution < -0.4 is 5.32 Å². The molecule has 0 fully saturated rings. The first kappa shape index (κ1) is 18.0. The number of aromatic amines is 1. The summed E-state index contributed by atoms with van der Waals surface area (Å²) in [4.78, 5) is 12.4. The normalized spacial score (nSPS) is 10.9. The SMILES string of the molecule is Cc1nn(Cc2ccc(Cl)c(Cl)c2)c(C)c1NC(=O)c1[nH]ncc1Br. The van der Waals surface area contributed by atoms with Crippen LogP contribution in [0.25, 0.3) is 0 Å². The number of rotatable bonds is 4. The van der Waals surface area contributed by atoms with Crippen LogP contribution in [0.15, 0.2) is 28.9 Å². The highest BCUT2D eigenvalue weighted by Crippen LogP contribution is 2.25. The molecule has 1 amide bonds. The molecule has 0 radical (unpaired) electrons. The Morgan fingerprint density at radius 2 is 2.08 bits per heavy atom. The van der Waals surface area contributed by atoms with Gasteiger partial charge in [0, 0.05) is 0 Å². The number of benzene rings is 1. The Balaban J connectivity index is 1.84. The van der Waals surface area contributed by atoms with E-state index >= 15 is 0 Å². The topological polar surface area (TPSA) is 75.6 Å². The summed E-state index contributed by atoms with van der Waals surface area (Å²) in [5.74, 6) is -0.287. The lowest BCUT2D eigenvalue weighted by molar-refractivity contribution is 0.102. The van der Waals surface area contributed by atoms with E-state index in [1.807, 2.05) is 24.6 Å². The van der Waals surface area contributed by atoms with Gasteiger partial charge >= 0.3 is 0 Å². The highest BCUT2D eigenvalue weighted by molar-refractivity contribution is 9.10. The number of H-pyrrole nitrogens is 1. The van der Waals surface area contributed by atoms with E-state index < -0.39 is 0 Å². The molecule has 130 valence electrons. The van der Waals surface area contributed by atoms with Gasteiger partial charge in [0.25, 0.3) is 5.91 Å². The van der Waals surface area contributed by atoms with Crippen molar-refractivity contribution in [3.8, 4) is 0 Å². The van der Waals surface area contributed by atoms with Gasteiger partial charge in [0.1, 0.15) is 5.69 Å². The second kappa shape index (κ2) is 7.19. The van der Waals surface area contributed by atoms with Crippen LogP contribution in [-0.4, -0.2) is 25.9 Å². The Kier molecular flexibility index (Phi) is 5.17. The summed E-state index contributed by atoms with van der Waals surface area (Å²) in [7, 11) is 0. The Bertz CT molecular complexity index is 950. The first-order chi connectivity index (χ1) is 11.9. The summed E-state index contributed by atoms with van der Waals surface area (Å²) in [5.41, 5.74) is 3.56. The van der Waals surface area contributed by atoms with Crippen LogP contribution in [0.3, 0.4) is 0 Å². The molecule has 6 nitrogen and oxygen atoms in total. The zero-order chi connectivity index (χ0) is 18.1. The number of anilines is 1. The molecule has 0 aliphatic heterocycles. The summed E-state index contributed by atoms with van der Waals surface area (Å²) >= 11 is 15.3. The molecule has 3 rings (SSSR count). The van der Waals surface area contributed by atoms with E-state index in [0.29, 0.717) is 32.4 Å². The van der Waals surface area contributed by atoms with Gasteiger partial charge in [-0.3, -0.25) is 14.6 Å². The van der Waals surface area contributed by atoms with Crippen LogP contribution >= 0.6 is 39.1 Å². The van der Waals surface area contributed by atoms with Crippen molar-refractivity contribution in [2.24, 2.45) is 0 Å². The number of hydrogen-bond acceptors (Lipinski definition) is 3. The number of aryl methyl sites for hydroxylation is 1. The van der Waals surface area contributed by atoms with Crippen molar-refractivity contribution in [2.75, 3.05) is 5.32 Å². The minimum Gasteiger partial charge on any atom is -0.317 e. The van der Waals surface area contributed by atoms with Crippen molar-refractivity contribution >= 4 is 50.7 Å². The van der Waals surface area contributed by atoms with Crippen LogP contribution in [0.5, 0.6) is 0 Å². The second-order valence-corrected chi connectivity index (χ2v) is 7.17. The van der Waals surface area contributed by atoms with Gasteiger partial charge in [-0.05, 0) is 47.5 Å². The molecule has 0 saturated carbocycles. The Morgan fingerprint density at radius 3 is 2.72 bits per heavy atom. The number of halogens is 3. The quantitative estimate of drug-likeness (QED) is 0.620. The standard InChI is InChI=1S/C16H14BrCl2N5O/c1-8-14(21-16(25)15-11(17)6-20-22-15)9(2)24(23-8)7-10-3-4-12(18)13(19)5-10/h3-6H,7H2,1-2H3,(H,20,22)(H,21,25). The number of nitrogens with zero attached hydrogens (tertiary/aromatic N) is 3. The molecule has 0 atom stereocenters. The van der Waals surface area contributed by atoms with E-state index in [9.17, 15) is 4.79 Å². The van der Waals surface area contributed by atoms with Gasteiger partial charge < -0.3 is 5.32 Å². The fourth-order valence-corrected chi connectivity index (χ4v) is 3.14. The largest absolute Gasteiger partial charge is 0.317 e. The predicted octanol–water partition coefficient (Wildman–Crippen LogP) is 4.59. The van der Waals surface area contributed by atoms with Gasteiger partial charge in [-0.1, -0.05) is 29.3 Å². The zero-order valence-electron chi connectivity index (χ0n) is 13.4. The molecule has 0 saturated heterocycles. The lowest BCUT2D eigenvalue weighted by atomic mass is 10.2. The minimum absolute atomic E-state index is 0.287. The number of amides is 1. The summed E-state index contributed by atoms with van der Waals surface area (Å²) in [6, 6.07) is 5.45. The van der Waals surface area contributed by atoms with E-state index in [-0.39, 0.29) is 5.91 Å². The lowest BCUT2D eigenvalue weighted by Gasteiger charge is -2.08. The molecule has 0 spiro atoms. The summed E-state index contributed by atoms with van der Waals surface area (Å²) in [6.07, 6.45) is 1.53. The smallest absolute Gasteiger partial charge is 0.274 e. The van der Waals surface area contributed by atoms with Crippen molar-refractivity contribution in [1.82, 2.24) is 20.0 Å². The van der Waals surface area contributed by atoms with Gasteiger partial charge in [0.15, 0.2) is 0 Å². The number of carbonyl (C=O) groups is 1. The van der Waals surface area contributed by atoms with Crippen LogP contribution in [-0.2, 0) is 6.54 Å². The average molecular weight is 443 g/mol. The monoisotopic (exact) mass is 441 g/mol. The molecule has 0 bridgehead atoms. The zero-order valence-corrected chi connectivity index (χ0v) is 16.5. The summed E-state index contributed by atoms with van der Waals surface area (Å²) in [6.45, 7) is 4.26.